The Morgan fingerprint density at radius 2 is 2.20 bits per heavy atom. The first-order valence-corrected chi connectivity index (χ1v) is 5.19. The molecule has 0 bridgehead atoms. The van der Waals surface area contributed by atoms with Crippen LogP contribution >= 0.6 is 0 Å². The Kier molecular flexibility index (Phi) is 2.07. The molecule has 1 saturated heterocycles. The smallest absolute Gasteiger partial charge is 0.0880 e. The van der Waals surface area contributed by atoms with Crippen LogP contribution in [0.1, 0.15) is 0 Å². The van der Waals surface area contributed by atoms with Crippen LogP contribution in [0.5, 0.6) is 0 Å². The first kappa shape index (κ1) is 8.73. The second-order valence-electron chi connectivity index (χ2n) is 3.70. The summed E-state index contributed by atoms with van der Waals surface area (Å²) >= 11 is 0. The first-order valence-electron chi connectivity index (χ1n) is 5.19. The quantitative estimate of drug-likeness (QED) is 0.761. The van der Waals surface area contributed by atoms with Crippen molar-refractivity contribution in [1.29, 1.82) is 0 Å². The molecule has 1 fully saturated rings. The summed E-state index contributed by atoms with van der Waals surface area (Å²) in [6, 6.07) is 4.13. The van der Waals surface area contributed by atoms with E-state index in [0.29, 0.717) is 0 Å². The third-order valence-corrected chi connectivity index (χ3v) is 2.76. The Hall–Kier alpha value is -1.55. The van der Waals surface area contributed by atoms with Gasteiger partial charge in [-0.1, -0.05) is 0 Å². The van der Waals surface area contributed by atoms with Crippen molar-refractivity contribution in [2.45, 2.75) is 0 Å². The fraction of sp³-hybridized carbons (Fsp3) is 0.364. The molecule has 3 heterocycles. The molecule has 0 unspecified atom stereocenters. The summed E-state index contributed by atoms with van der Waals surface area (Å²) in [6.07, 6.45) is 3.85. The number of nitrogens with one attached hydrogen (secondary N) is 1. The summed E-state index contributed by atoms with van der Waals surface area (Å²) in [5, 5.41) is 0. The van der Waals surface area contributed by atoms with Crippen LogP contribution in [0.25, 0.3) is 11.0 Å². The van der Waals surface area contributed by atoms with Crippen LogP contribution in [0, 0.1) is 0 Å². The van der Waals surface area contributed by atoms with E-state index in [0.717, 1.165) is 37.3 Å². The largest absolute Gasteiger partial charge is 0.378 e. The van der Waals surface area contributed by atoms with Gasteiger partial charge >= 0.3 is 0 Å². The number of hydrogen-bond donors (Lipinski definition) is 1. The van der Waals surface area contributed by atoms with Crippen LogP contribution < -0.4 is 4.90 Å². The zero-order chi connectivity index (χ0) is 10.1. The number of pyridine rings is 1. The Labute approximate surface area is 87.9 Å². The maximum atomic E-state index is 5.32. The van der Waals surface area contributed by atoms with Crippen molar-refractivity contribution < 1.29 is 4.74 Å². The number of morpholine rings is 1. The fourth-order valence-electron chi connectivity index (χ4n) is 1.92. The molecule has 0 aliphatic carbocycles. The molecule has 0 atom stereocenters. The van der Waals surface area contributed by atoms with Crippen LogP contribution in [-0.2, 0) is 4.74 Å². The van der Waals surface area contributed by atoms with E-state index in [4.69, 9.17) is 4.74 Å². The molecule has 15 heavy (non-hydrogen) atoms. The predicted octanol–water partition coefficient (Wildman–Crippen LogP) is 1.40. The monoisotopic (exact) mass is 203 g/mol. The number of hydrogen-bond acceptors (Lipinski definition) is 3. The lowest BCUT2D eigenvalue weighted by Gasteiger charge is -2.28. The van der Waals surface area contributed by atoms with Gasteiger partial charge in [0.1, 0.15) is 0 Å². The van der Waals surface area contributed by atoms with Gasteiger partial charge < -0.3 is 14.6 Å². The summed E-state index contributed by atoms with van der Waals surface area (Å²) in [5.41, 5.74) is 3.29. The van der Waals surface area contributed by atoms with Gasteiger partial charge in [-0.15, -0.1) is 0 Å². The van der Waals surface area contributed by atoms with Gasteiger partial charge in [-0.25, -0.2) is 0 Å². The van der Waals surface area contributed by atoms with Crippen LogP contribution in [0.15, 0.2) is 24.5 Å². The molecule has 0 amide bonds. The van der Waals surface area contributed by atoms with Crippen molar-refractivity contribution >= 4 is 16.7 Å². The molecular weight excluding hydrogens is 190 g/mol. The molecule has 2 aromatic heterocycles. The van der Waals surface area contributed by atoms with Gasteiger partial charge in [0, 0.05) is 19.3 Å². The van der Waals surface area contributed by atoms with Gasteiger partial charge in [-0.2, -0.15) is 0 Å². The molecule has 4 heteroatoms. The minimum Gasteiger partial charge on any atom is -0.378 e. The van der Waals surface area contributed by atoms with E-state index in [1.54, 1.807) is 0 Å². The molecule has 3 rings (SSSR count). The SMILES string of the molecule is c1cc2ncc(N3CCOCC3)cc2[nH]1. The number of rotatable bonds is 1. The van der Waals surface area contributed by atoms with E-state index in [1.165, 1.54) is 5.69 Å². The molecule has 1 N–H and O–H groups in total. The molecule has 0 saturated carbocycles. The third-order valence-electron chi connectivity index (χ3n) is 2.76. The summed E-state index contributed by atoms with van der Waals surface area (Å²) in [5.74, 6) is 0. The fourth-order valence-corrected chi connectivity index (χ4v) is 1.92. The third kappa shape index (κ3) is 1.57. The topological polar surface area (TPSA) is 41.2 Å². The van der Waals surface area contributed by atoms with Crippen molar-refractivity contribution in [1.82, 2.24) is 9.97 Å². The number of nitrogens with zero attached hydrogens (tertiary/aromatic N) is 2. The molecule has 78 valence electrons. The molecule has 2 aromatic rings. The Morgan fingerprint density at radius 3 is 3.07 bits per heavy atom. The lowest BCUT2D eigenvalue weighted by Crippen LogP contribution is -2.36. The molecule has 0 spiro atoms. The van der Waals surface area contributed by atoms with Crippen molar-refractivity contribution in [2.24, 2.45) is 0 Å². The number of H-pyrrole nitrogens is 1. The highest BCUT2D eigenvalue weighted by Gasteiger charge is 2.11. The van der Waals surface area contributed by atoms with Crippen molar-refractivity contribution in [3.63, 3.8) is 0 Å². The molecule has 1 aliphatic rings. The zero-order valence-corrected chi connectivity index (χ0v) is 8.44. The van der Waals surface area contributed by atoms with E-state index >= 15 is 0 Å². The van der Waals surface area contributed by atoms with E-state index in [1.807, 2.05) is 18.5 Å². The highest BCUT2D eigenvalue weighted by atomic mass is 16.5. The molecule has 4 nitrogen and oxygen atoms in total. The number of anilines is 1. The summed E-state index contributed by atoms with van der Waals surface area (Å²) in [4.78, 5) is 9.88. The first-order chi connectivity index (χ1) is 7.43. The zero-order valence-electron chi connectivity index (χ0n) is 8.44. The standard InChI is InChI=1S/C11H13N3O/c1-2-12-11-7-9(8-13-10(1)11)14-3-5-15-6-4-14/h1-2,7-8,12H,3-6H2. The molecule has 0 radical (unpaired) electrons. The summed E-state index contributed by atoms with van der Waals surface area (Å²) in [7, 11) is 0. The molecule has 0 aromatic carbocycles. The Balaban J connectivity index is 1.95. The van der Waals surface area contributed by atoms with E-state index < -0.39 is 0 Å². The van der Waals surface area contributed by atoms with Gasteiger partial charge in [0.15, 0.2) is 0 Å². The van der Waals surface area contributed by atoms with Gasteiger partial charge in [-0.3, -0.25) is 4.98 Å². The van der Waals surface area contributed by atoms with Crippen molar-refractivity contribution in [3.05, 3.63) is 24.5 Å². The highest BCUT2D eigenvalue weighted by molar-refractivity contribution is 5.78. The van der Waals surface area contributed by atoms with Crippen molar-refractivity contribution in [3.8, 4) is 0 Å². The number of fused-ring (bicyclic) bond motifs is 1. The number of aromatic nitrogens is 2. The summed E-state index contributed by atoms with van der Waals surface area (Å²) in [6.45, 7) is 3.52. The second kappa shape index (κ2) is 3.55. The number of aromatic amines is 1. The molecule has 1 aliphatic heterocycles. The highest BCUT2D eigenvalue weighted by Crippen LogP contribution is 2.19. The van der Waals surface area contributed by atoms with E-state index in [9.17, 15) is 0 Å². The predicted molar refractivity (Wildman–Crippen MR) is 59.1 cm³/mol. The van der Waals surface area contributed by atoms with Crippen LogP contribution in [-0.4, -0.2) is 36.3 Å². The summed E-state index contributed by atoms with van der Waals surface area (Å²) < 4.78 is 5.32. The van der Waals surface area contributed by atoms with Crippen LogP contribution in [0.3, 0.4) is 0 Å². The Bertz CT molecular complexity index is 460. The maximum Gasteiger partial charge on any atom is 0.0880 e. The average Bonchev–Trinajstić information content (AvgIpc) is 2.77. The minimum atomic E-state index is 0.808. The van der Waals surface area contributed by atoms with Gasteiger partial charge in [-0.05, 0) is 12.1 Å². The van der Waals surface area contributed by atoms with Crippen molar-refractivity contribution in [2.75, 3.05) is 31.2 Å². The van der Waals surface area contributed by atoms with Crippen LogP contribution in [0.2, 0.25) is 0 Å². The Morgan fingerprint density at radius 1 is 1.33 bits per heavy atom. The maximum absolute atomic E-state index is 5.32. The normalized spacial score (nSPS) is 17.2. The lowest BCUT2D eigenvalue weighted by molar-refractivity contribution is 0.122. The van der Waals surface area contributed by atoms with Gasteiger partial charge in [0.25, 0.3) is 0 Å². The van der Waals surface area contributed by atoms with E-state index in [-0.39, 0.29) is 0 Å². The number of ether oxygens (including phenoxy) is 1. The van der Waals surface area contributed by atoms with E-state index in [2.05, 4.69) is 20.9 Å². The van der Waals surface area contributed by atoms with Crippen LogP contribution in [0.4, 0.5) is 5.69 Å². The average molecular weight is 203 g/mol. The van der Waals surface area contributed by atoms with Gasteiger partial charge in [0.2, 0.25) is 0 Å². The molecular formula is C11H13N3O. The second-order valence-corrected chi connectivity index (χ2v) is 3.70. The minimum absolute atomic E-state index is 0.808. The lowest BCUT2D eigenvalue weighted by atomic mass is 10.3. The van der Waals surface area contributed by atoms with Gasteiger partial charge in [0.05, 0.1) is 36.1 Å².